The highest BCUT2D eigenvalue weighted by Crippen LogP contribution is 2.37. The van der Waals surface area contributed by atoms with Gasteiger partial charge < -0.3 is 19.7 Å². The molecule has 0 amide bonds. The van der Waals surface area contributed by atoms with Crippen LogP contribution in [0.2, 0.25) is 0 Å². The van der Waals surface area contributed by atoms with Crippen LogP contribution in [0.25, 0.3) is 0 Å². The summed E-state index contributed by atoms with van der Waals surface area (Å²) in [5.74, 6) is 1.72. The minimum Gasteiger partial charge on any atom is -0.508 e. The van der Waals surface area contributed by atoms with Gasteiger partial charge in [-0.05, 0) is 93.0 Å². The first-order chi connectivity index (χ1) is 16.0. The van der Waals surface area contributed by atoms with Crippen LogP contribution >= 0.6 is 0 Å². The summed E-state index contributed by atoms with van der Waals surface area (Å²) in [6.07, 6.45) is 11.7. The second-order valence-electron chi connectivity index (χ2n) is 9.21. The minimum atomic E-state index is -0.540. The molecule has 0 atom stereocenters. The van der Waals surface area contributed by atoms with Crippen LogP contribution in [0.3, 0.4) is 0 Å². The number of carbonyl (C=O) groups excluding carboxylic acids is 1. The third-order valence-electron chi connectivity index (χ3n) is 6.57. The van der Waals surface area contributed by atoms with E-state index in [1.807, 2.05) is 0 Å². The predicted octanol–water partition coefficient (Wildman–Crippen LogP) is 6.97. The fraction of sp³-hybridized carbons (Fsp3) is 0.536. The van der Waals surface area contributed by atoms with Gasteiger partial charge in [-0.3, -0.25) is 0 Å². The summed E-state index contributed by atoms with van der Waals surface area (Å²) in [6.45, 7) is 3.29. The van der Waals surface area contributed by atoms with Gasteiger partial charge in [-0.25, -0.2) is 4.79 Å². The van der Waals surface area contributed by atoms with E-state index in [2.05, 4.69) is 31.2 Å². The zero-order chi connectivity index (χ0) is 23.5. The normalized spacial score (nSPS) is 18.1. The second-order valence-corrected chi connectivity index (χ2v) is 9.21. The SMILES string of the molecule is CCCC1CCC(c2ccc(OCCCCCCOC(=O)c3cc(O)cc(O)c3)cc2)CC1. The molecule has 5 nitrogen and oxygen atoms in total. The van der Waals surface area contributed by atoms with E-state index in [0.29, 0.717) is 19.1 Å². The van der Waals surface area contributed by atoms with E-state index >= 15 is 0 Å². The molecule has 0 aromatic heterocycles. The monoisotopic (exact) mass is 454 g/mol. The molecule has 1 saturated carbocycles. The number of carbonyl (C=O) groups is 1. The van der Waals surface area contributed by atoms with Crippen molar-refractivity contribution in [1.82, 2.24) is 0 Å². The Morgan fingerprint density at radius 2 is 1.52 bits per heavy atom. The largest absolute Gasteiger partial charge is 0.508 e. The van der Waals surface area contributed by atoms with E-state index in [1.54, 1.807) is 0 Å². The lowest BCUT2D eigenvalue weighted by Crippen LogP contribution is -2.13. The standard InChI is InChI=1S/C28H38O5/c1-2-7-21-8-10-22(11-9-21)23-12-14-27(15-13-23)32-16-5-3-4-6-17-33-28(31)24-18-25(29)20-26(30)19-24/h12-15,18-22,29-30H,2-11,16-17H2,1H3. The molecule has 1 aliphatic rings. The van der Waals surface area contributed by atoms with Crippen LogP contribution in [0.4, 0.5) is 0 Å². The number of hydrogen-bond donors (Lipinski definition) is 2. The van der Waals surface area contributed by atoms with Gasteiger partial charge in [-0.2, -0.15) is 0 Å². The Balaban J connectivity index is 1.24. The van der Waals surface area contributed by atoms with Crippen molar-refractivity contribution in [1.29, 1.82) is 0 Å². The molecule has 0 saturated heterocycles. The summed E-state index contributed by atoms with van der Waals surface area (Å²) in [7, 11) is 0. The molecule has 33 heavy (non-hydrogen) atoms. The third-order valence-corrected chi connectivity index (χ3v) is 6.57. The van der Waals surface area contributed by atoms with Crippen molar-refractivity contribution >= 4 is 5.97 Å². The van der Waals surface area contributed by atoms with Crippen molar-refractivity contribution in [3.63, 3.8) is 0 Å². The molecule has 1 fully saturated rings. The highest BCUT2D eigenvalue weighted by Gasteiger charge is 2.21. The van der Waals surface area contributed by atoms with Crippen molar-refractivity contribution in [3.05, 3.63) is 53.6 Å². The molecule has 1 aliphatic carbocycles. The van der Waals surface area contributed by atoms with Gasteiger partial charge in [0.15, 0.2) is 0 Å². The maximum Gasteiger partial charge on any atom is 0.338 e. The molecule has 180 valence electrons. The van der Waals surface area contributed by atoms with E-state index in [4.69, 9.17) is 9.47 Å². The summed E-state index contributed by atoms with van der Waals surface area (Å²) < 4.78 is 11.1. The van der Waals surface area contributed by atoms with Gasteiger partial charge in [0.2, 0.25) is 0 Å². The molecule has 0 unspecified atom stereocenters. The molecular weight excluding hydrogens is 416 g/mol. The zero-order valence-electron chi connectivity index (χ0n) is 19.8. The van der Waals surface area contributed by atoms with E-state index in [0.717, 1.165) is 37.4 Å². The minimum absolute atomic E-state index is 0.149. The number of phenols is 2. The number of aromatic hydroxyl groups is 2. The van der Waals surface area contributed by atoms with E-state index in [-0.39, 0.29) is 17.1 Å². The van der Waals surface area contributed by atoms with Crippen molar-refractivity contribution in [2.75, 3.05) is 13.2 Å². The summed E-state index contributed by atoms with van der Waals surface area (Å²) in [5.41, 5.74) is 1.60. The van der Waals surface area contributed by atoms with Gasteiger partial charge in [0.25, 0.3) is 0 Å². The van der Waals surface area contributed by atoms with Crippen LogP contribution < -0.4 is 4.74 Å². The van der Waals surface area contributed by atoms with E-state index < -0.39 is 5.97 Å². The first kappa shape index (κ1) is 24.9. The average molecular weight is 455 g/mol. The molecule has 0 bridgehead atoms. The number of ether oxygens (including phenoxy) is 2. The van der Waals surface area contributed by atoms with Gasteiger partial charge in [0.1, 0.15) is 17.2 Å². The van der Waals surface area contributed by atoms with Crippen molar-refractivity contribution in [2.24, 2.45) is 5.92 Å². The maximum atomic E-state index is 11.9. The molecule has 2 aromatic carbocycles. The number of unbranched alkanes of at least 4 members (excludes halogenated alkanes) is 3. The van der Waals surface area contributed by atoms with Gasteiger partial charge in [-0.1, -0.05) is 31.9 Å². The summed E-state index contributed by atoms with van der Waals surface area (Å²) in [6, 6.07) is 12.4. The Morgan fingerprint density at radius 1 is 0.879 bits per heavy atom. The summed E-state index contributed by atoms with van der Waals surface area (Å²) >= 11 is 0. The predicted molar refractivity (Wildman–Crippen MR) is 130 cm³/mol. The fourth-order valence-corrected chi connectivity index (χ4v) is 4.74. The van der Waals surface area contributed by atoms with E-state index in [1.165, 1.54) is 62.3 Å². The lowest BCUT2D eigenvalue weighted by Gasteiger charge is -2.28. The van der Waals surface area contributed by atoms with Crippen LogP contribution in [-0.4, -0.2) is 29.4 Å². The molecule has 0 spiro atoms. The van der Waals surface area contributed by atoms with Crippen LogP contribution in [0.1, 0.15) is 93.0 Å². The lowest BCUT2D eigenvalue weighted by molar-refractivity contribution is 0.0496. The molecular formula is C28H38O5. The van der Waals surface area contributed by atoms with Crippen LogP contribution in [0.5, 0.6) is 17.2 Å². The van der Waals surface area contributed by atoms with Gasteiger partial charge >= 0.3 is 5.97 Å². The number of rotatable bonds is 12. The van der Waals surface area contributed by atoms with Crippen molar-refractivity contribution in [3.8, 4) is 17.2 Å². The van der Waals surface area contributed by atoms with E-state index in [9.17, 15) is 15.0 Å². The Kier molecular flexibility index (Phi) is 9.92. The van der Waals surface area contributed by atoms with Crippen molar-refractivity contribution in [2.45, 2.75) is 77.0 Å². The number of benzene rings is 2. The first-order valence-electron chi connectivity index (χ1n) is 12.5. The number of esters is 1. The topological polar surface area (TPSA) is 76.0 Å². The van der Waals surface area contributed by atoms with Gasteiger partial charge in [0.05, 0.1) is 18.8 Å². The zero-order valence-corrected chi connectivity index (χ0v) is 19.8. The molecule has 0 radical (unpaired) electrons. The Morgan fingerprint density at radius 3 is 2.15 bits per heavy atom. The highest BCUT2D eigenvalue weighted by atomic mass is 16.5. The molecule has 2 aromatic rings. The lowest BCUT2D eigenvalue weighted by atomic mass is 9.77. The van der Waals surface area contributed by atoms with Crippen LogP contribution in [0, 0.1) is 5.92 Å². The first-order valence-corrected chi connectivity index (χ1v) is 12.5. The van der Waals surface area contributed by atoms with Gasteiger partial charge in [-0.15, -0.1) is 0 Å². The maximum absolute atomic E-state index is 11.9. The molecule has 0 heterocycles. The van der Waals surface area contributed by atoms with Crippen LogP contribution in [0.15, 0.2) is 42.5 Å². The summed E-state index contributed by atoms with van der Waals surface area (Å²) in [5, 5.41) is 18.9. The van der Waals surface area contributed by atoms with Crippen molar-refractivity contribution < 1.29 is 24.5 Å². The quantitative estimate of drug-likeness (QED) is 0.268. The summed E-state index contributed by atoms with van der Waals surface area (Å²) in [4.78, 5) is 11.9. The Labute approximate surface area is 197 Å². The number of phenolic OH excluding ortho intramolecular Hbond substituents is 2. The molecule has 3 rings (SSSR count). The average Bonchev–Trinajstić information content (AvgIpc) is 2.81. The number of hydrogen-bond acceptors (Lipinski definition) is 5. The molecule has 0 aliphatic heterocycles. The molecule has 5 heteroatoms. The second kappa shape index (κ2) is 13.1. The Bertz CT molecular complexity index is 833. The molecule has 2 N–H and O–H groups in total. The van der Waals surface area contributed by atoms with Gasteiger partial charge in [0, 0.05) is 6.07 Å². The highest BCUT2D eigenvalue weighted by molar-refractivity contribution is 5.90. The fourth-order valence-electron chi connectivity index (χ4n) is 4.74. The smallest absolute Gasteiger partial charge is 0.338 e. The Hall–Kier alpha value is -2.69. The third kappa shape index (κ3) is 8.30. The van der Waals surface area contributed by atoms with Crippen LogP contribution in [-0.2, 0) is 4.74 Å².